The van der Waals surface area contributed by atoms with Crippen LogP contribution >= 0.6 is 15.9 Å². The molecule has 2 aromatic carbocycles. The molecule has 20 heavy (non-hydrogen) atoms. The lowest BCUT2D eigenvalue weighted by molar-refractivity contribution is 0.387. The van der Waals surface area contributed by atoms with Crippen LogP contribution in [0.3, 0.4) is 0 Å². The molecule has 0 aliphatic rings. The van der Waals surface area contributed by atoms with Crippen LogP contribution in [0, 0.1) is 0 Å². The fraction of sp³-hybridized carbons (Fsp3) is 0.200. The number of benzene rings is 2. The predicted molar refractivity (Wildman–Crippen MR) is 82.9 cm³/mol. The van der Waals surface area contributed by atoms with E-state index in [1.165, 1.54) is 0 Å². The topological polar surface area (TPSA) is 56.5 Å². The standard InChI is InChI=1S/C15H17BrN2O2/c1-19-12-6-7-13(14(9-12)20-2)15(18-17)10-4-3-5-11(16)8-10/h3-9,15,18H,17H2,1-2H3. The molecule has 2 aromatic rings. The van der Waals surface area contributed by atoms with Crippen molar-refractivity contribution in [1.29, 1.82) is 0 Å². The summed E-state index contributed by atoms with van der Waals surface area (Å²) in [4.78, 5) is 0. The van der Waals surface area contributed by atoms with Crippen molar-refractivity contribution >= 4 is 15.9 Å². The summed E-state index contributed by atoms with van der Waals surface area (Å²) in [6.07, 6.45) is 0. The zero-order chi connectivity index (χ0) is 14.5. The van der Waals surface area contributed by atoms with E-state index < -0.39 is 0 Å². The molecule has 3 N–H and O–H groups in total. The number of rotatable bonds is 5. The largest absolute Gasteiger partial charge is 0.497 e. The SMILES string of the molecule is COc1ccc(C(NN)c2cccc(Br)c2)c(OC)c1. The number of nitrogens with one attached hydrogen (secondary N) is 1. The molecule has 0 bridgehead atoms. The van der Waals surface area contributed by atoms with Crippen LogP contribution < -0.4 is 20.7 Å². The van der Waals surface area contributed by atoms with Crippen molar-refractivity contribution in [3.8, 4) is 11.5 Å². The van der Waals surface area contributed by atoms with Gasteiger partial charge < -0.3 is 9.47 Å². The van der Waals surface area contributed by atoms with Crippen molar-refractivity contribution in [3.63, 3.8) is 0 Å². The zero-order valence-electron chi connectivity index (χ0n) is 11.4. The van der Waals surface area contributed by atoms with Crippen molar-refractivity contribution in [2.24, 2.45) is 5.84 Å². The first-order valence-corrected chi connectivity index (χ1v) is 6.92. The molecule has 0 radical (unpaired) electrons. The molecule has 0 fully saturated rings. The molecular formula is C15H17BrN2O2. The molecule has 5 heteroatoms. The summed E-state index contributed by atoms with van der Waals surface area (Å²) >= 11 is 3.47. The number of halogens is 1. The Kier molecular flexibility index (Phi) is 5.00. The Hall–Kier alpha value is -1.56. The fourth-order valence-electron chi connectivity index (χ4n) is 2.11. The normalized spacial score (nSPS) is 12.0. The summed E-state index contributed by atoms with van der Waals surface area (Å²) < 4.78 is 11.6. The number of hydrogen-bond acceptors (Lipinski definition) is 4. The van der Waals surface area contributed by atoms with Crippen molar-refractivity contribution in [1.82, 2.24) is 5.43 Å². The molecule has 0 aliphatic carbocycles. The van der Waals surface area contributed by atoms with Crippen molar-refractivity contribution in [3.05, 3.63) is 58.1 Å². The van der Waals surface area contributed by atoms with Crippen LogP contribution in [0.4, 0.5) is 0 Å². The van der Waals surface area contributed by atoms with Crippen LogP contribution in [0.25, 0.3) is 0 Å². The van der Waals surface area contributed by atoms with Gasteiger partial charge in [-0.2, -0.15) is 0 Å². The van der Waals surface area contributed by atoms with Crippen molar-refractivity contribution < 1.29 is 9.47 Å². The predicted octanol–water partition coefficient (Wildman–Crippen LogP) is 3.02. The van der Waals surface area contributed by atoms with E-state index >= 15 is 0 Å². The molecular weight excluding hydrogens is 320 g/mol. The molecule has 0 aromatic heterocycles. The highest BCUT2D eigenvalue weighted by Crippen LogP contribution is 2.33. The second kappa shape index (κ2) is 6.74. The van der Waals surface area contributed by atoms with E-state index in [9.17, 15) is 0 Å². The molecule has 1 unspecified atom stereocenters. The molecule has 0 heterocycles. The molecule has 106 valence electrons. The van der Waals surface area contributed by atoms with Gasteiger partial charge in [-0.1, -0.05) is 28.1 Å². The van der Waals surface area contributed by atoms with Gasteiger partial charge in [0, 0.05) is 16.1 Å². The number of methoxy groups -OCH3 is 2. The fourth-order valence-corrected chi connectivity index (χ4v) is 2.53. The third-order valence-electron chi connectivity index (χ3n) is 3.10. The van der Waals surface area contributed by atoms with Gasteiger partial charge in [-0.25, -0.2) is 5.43 Å². The van der Waals surface area contributed by atoms with E-state index in [1.54, 1.807) is 14.2 Å². The summed E-state index contributed by atoms with van der Waals surface area (Å²) in [7, 11) is 3.26. The van der Waals surface area contributed by atoms with Crippen LogP contribution in [-0.2, 0) is 0 Å². The second-order valence-corrected chi connectivity index (χ2v) is 5.18. The van der Waals surface area contributed by atoms with E-state index in [0.717, 1.165) is 27.1 Å². The van der Waals surface area contributed by atoms with Crippen molar-refractivity contribution in [2.75, 3.05) is 14.2 Å². The molecule has 1 atom stereocenters. The Labute approximate surface area is 127 Å². The van der Waals surface area contributed by atoms with E-state index in [-0.39, 0.29) is 6.04 Å². The van der Waals surface area contributed by atoms with Gasteiger partial charge in [0.05, 0.1) is 20.3 Å². The highest BCUT2D eigenvalue weighted by molar-refractivity contribution is 9.10. The van der Waals surface area contributed by atoms with Gasteiger partial charge >= 0.3 is 0 Å². The van der Waals surface area contributed by atoms with Gasteiger partial charge in [-0.05, 0) is 29.8 Å². The Balaban J connectivity index is 2.46. The summed E-state index contributed by atoms with van der Waals surface area (Å²) in [6.45, 7) is 0. The summed E-state index contributed by atoms with van der Waals surface area (Å²) in [5.74, 6) is 7.20. The van der Waals surface area contributed by atoms with Gasteiger partial charge in [0.25, 0.3) is 0 Å². The third-order valence-corrected chi connectivity index (χ3v) is 3.59. The lowest BCUT2D eigenvalue weighted by atomic mass is 9.98. The first-order chi connectivity index (χ1) is 9.69. The van der Waals surface area contributed by atoms with E-state index in [0.29, 0.717) is 0 Å². The first kappa shape index (κ1) is 14.8. The van der Waals surface area contributed by atoms with Gasteiger partial charge in [0.1, 0.15) is 11.5 Å². The number of hydrogen-bond donors (Lipinski definition) is 2. The van der Waals surface area contributed by atoms with E-state index in [4.69, 9.17) is 15.3 Å². The lowest BCUT2D eigenvalue weighted by Gasteiger charge is -2.20. The van der Waals surface area contributed by atoms with Crippen molar-refractivity contribution in [2.45, 2.75) is 6.04 Å². The van der Waals surface area contributed by atoms with Gasteiger partial charge in [0.2, 0.25) is 0 Å². The smallest absolute Gasteiger partial charge is 0.127 e. The molecule has 4 nitrogen and oxygen atoms in total. The number of hydrazine groups is 1. The zero-order valence-corrected chi connectivity index (χ0v) is 13.0. The Bertz CT molecular complexity index is 590. The van der Waals surface area contributed by atoms with Crippen LogP contribution in [0.1, 0.15) is 17.2 Å². The van der Waals surface area contributed by atoms with Crippen LogP contribution in [0.2, 0.25) is 0 Å². The molecule has 0 amide bonds. The highest BCUT2D eigenvalue weighted by atomic mass is 79.9. The van der Waals surface area contributed by atoms with Gasteiger partial charge in [-0.15, -0.1) is 0 Å². The Morgan fingerprint density at radius 2 is 1.90 bits per heavy atom. The maximum absolute atomic E-state index is 5.73. The minimum absolute atomic E-state index is 0.159. The monoisotopic (exact) mass is 336 g/mol. The Morgan fingerprint density at radius 3 is 2.50 bits per heavy atom. The minimum atomic E-state index is -0.159. The van der Waals surface area contributed by atoms with E-state index in [2.05, 4.69) is 21.4 Å². The lowest BCUT2D eigenvalue weighted by Crippen LogP contribution is -2.29. The molecule has 0 saturated heterocycles. The van der Waals surface area contributed by atoms with E-state index in [1.807, 2.05) is 42.5 Å². The summed E-state index contributed by atoms with van der Waals surface area (Å²) in [5, 5.41) is 0. The first-order valence-electron chi connectivity index (χ1n) is 6.13. The van der Waals surface area contributed by atoms with Crippen LogP contribution in [0.5, 0.6) is 11.5 Å². The maximum Gasteiger partial charge on any atom is 0.127 e. The average Bonchev–Trinajstić information content (AvgIpc) is 2.48. The summed E-state index contributed by atoms with van der Waals surface area (Å²) in [5.41, 5.74) is 4.83. The molecule has 0 spiro atoms. The van der Waals surface area contributed by atoms with Gasteiger partial charge in [0.15, 0.2) is 0 Å². The molecule has 2 rings (SSSR count). The maximum atomic E-state index is 5.73. The highest BCUT2D eigenvalue weighted by Gasteiger charge is 2.17. The average molecular weight is 337 g/mol. The minimum Gasteiger partial charge on any atom is -0.497 e. The quantitative estimate of drug-likeness (QED) is 0.651. The van der Waals surface area contributed by atoms with Gasteiger partial charge in [-0.3, -0.25) is 5.84 Å². The summed E-state index contributed by atoms with van der Waals surface area (Å²) in [6, 6.07) is 13.5. The third kappa shape index (κ3) is 3.12. The Morgan fingerprint density at radius 1 is 1.10 bits per heavy atom. The second-order valence-electron chi connectivity index (χ2n) is 4.26. The van der Waals surface area contributed by atoms with Crippen LogP contribution in [0.15, 0.2) is 46.9 Å². The number of nitrogens with two attached hydrogens (primary N) is 1. The molecule has 0 saturated carbocycles. The molecule has 0 aliphatic heterocycles. The van der Waals surface area contributed by atoms with Crippen LogP contribution in [-0.4, -0.2) is 14.2 Å². The number of ether oxygens (including phenoxy) is 2.